The van der Waals surface area contributed by atoms with E-state index in [-0.39, 0.29) is 24.3 Å². The first kappa shape index (κ1) is 19.6. The molecule has 0 aliphatic rings. The van der Waals surface area contributed by atoms with E-state index in [4.69, 9.17) is 16.3 Å². The van der Waals surface area contributed by atoms with Crippen LogP contribution in [0.2, 0.25) is 5.02 Å². The van der Waals surface area contributed by atoms with Gasteiger partial charge in [-0.2, -0.15) is 0 Å². The first-order valence-corrected chi connectivity index (χ1v) is 9.28. The van der Waals surface area contributed by atoms with E-state index >= 15 is 0 Å². The molecule has 0 fully saturated rings. The molecule has 28 heavy (non-hydrogen) atoms. The van der Waals surface area contributed by atoms with Crippen molar-refractivity contribution < 1.29 is 14.3 Å². The van der Waals surface area contributed by atoms with E-state index in [0.717, 1.165) is 5.56 Å². The van der Waals surface area contributed by atoms with Crippen LogP contribution in [0.4, 0.5) is 0 Å². The molecule has 5 heteroatoms. The number of carbonyl (C=O) groups excluding carboxylic acids is 2. The van der Waals surface area contributed by atoms with Gasteiger partial charge in [-0.3, -0.25) is 9.59 Å². The molecule has 0 radical (unpaired) electrons. The third kappa shape index (κ3) is 5.21. The van der Waals surface area contributed by atoms with Crippen LogP contribution in [0.25, 0.3) is 0 Å². The summed E-state index contributed by atoms with van der Waals surface area (Å²) < 4.78 is 5.52. The standard InChI is InChI=1S/C23H20ClNO3/c1-16(17-7-11-20(24)12-8-17)25-22(26)15-28-21-13-9-19(10-14-21)23(27)18-5-3-2-4-6-18/h2-14,16H,15H2,1H3,(H,25,26)/t16-/m1/s1. The van der Waals surface area contributed by atoms with Gasteiger partial charge in [-0.1, -0.05) is 54.1 Å². The highest BCUT2D eigenvalue weighted by atomic mass is 35.5. The van der Waals surface area contributed by atoms with Gasteiger partial charge in [0.1, 0.15) is 5.75 Å². The summed E-state index contributed by atoms with van der Waals surface area (Å²) >= 11 is 5.88. The Bertz CT molecular complexity index is 938. The van der Waals surface area contributed by atoms with Crippen LogP contribution in [0.15, 0.2) is 78.9 Å². The fraction of sp³-hybridized carbons (Fsp3) is 0.130. The lowest BCUT2D eigenvalue weighted by Gasteiger charge is -2.15. The molecule has 142 valence electrons. The Kier molecular flexibility index (Phi) is 6.45. The normalized spacial score (nSPS) is 11.5. The minimum atomic E-state index is -0.230. The average Bonchev–Trinajstić information content (AvgIpc) is 2.73. The predicted molar refractivity (Wildman–Crippen MR) is 110 cm³/mol. The monoisotopic (exact) mass is 393 g/mol. The zero-order chi connectivity index (χ0) is 19.9. The van der Waals surface area contributed by atoms with Crippen molar-refractivity contribution in [3.05, 3.63) is 101 Å². The van der Waals surface area contributed by atoms with Gasteiger partial charge in [0.15, 0.2) is 12.4 Å². The SMILES string of the molecule is C[C@@H](NC(=O)COc1ccc(C(=O)c2ccccc2)cc1)c1ccc(Cl)cc1. The third-order valence-corrected chi connectivity index (χ3v) is 4.52. The molecule has 0 saturated carbocycles. The third-order valence-electron chi connectivity index (χ3n) is 4.27. The van der Waals surface area contributed by atoms with Crippen molar-refractivity contribution in [1.29, 1.82) is 0 Å². The van der Waals surface area contributed by atoms with Crippen molar-refractivity contribution in [3.8, 4) is 5.75 Å². The topological polar surface area (TPSA) is 55.4 Å². The average molecular weight is 394 g/mol. The Hall–Kier alpha value is -3.11. The number of hydrogen-bond donors (Lipinski definition) is 1. The minimum absolute atomic E-state index is 0.0540. The van der Waals surface area contributed by atoms with Crippen molar-refractivity contribution in [2.45, 2.75) is 13.0 Å². The quantitative estimate of drug-likeness (QED) is 0.585. The molecule has 1 atom stereocenters. The minimum Gasteiger partial charge on any atom is -0.484 e. The molecule has 1 amide bonds. The molecular weight excluding hydrogens is 374 g/mol. The maximum Gasteiger partial charge on any atom is 0.258 e. The lowest BCUT2D eigenvalue weighted by Crippen LogP contribution is -2.31. The predicted octanol–water partition coefficient (Wildman–Crippen LogP) is 4.83. The Morgan fingerprint density at radius 2 is 1.50 bits per heavy atom. The molecule has 0 aromatic heterocycles. The smallest absolute Gasteiger partial charge is 0.258 e. The Morgan fingerprint density at radius 1 is 0.893 bits per heavy atom. The van der Waals surface area contributed by atoms with Crippen molar-refractivity contribution in [2.75, 3.05) is 6.61 Å². The van der Waals surface area contributed by atoms with E-state index in [0.29, 0.717) is 21.9 Å². The van der Waals surface area contributed by atoms with Crippen molar-refractivity contribution in [1.82, 2.24) is 5.32 Å². The van der Waals surface area contributed by atoms with Gasteiger partial charge in [0.05, 0.1) is 6.04 Å². The van der Waals surface area contributed by atoms with Gasteiger partial charge in [0, 0.05) is 16.1 Å². The van der Waals surface area contributed by atoms with Gasteiger partial charge >= 0.3 is 0 Å². The molecule has 0 spiro atoms. The number of rotatable bonds is 7. The molecule has 4 nitrogen and oxygen atoms in total. The molecule has 0 unspecified atom stereocenters. The molecule has 0 bridgehead atoms. The first-order chi connectivity index (χ1) is 13.5. The van der Waals surface area contributed by atoms with E-state index in [1.807, 2.05) is 37.3 Å². The van der Waals surface area contributed by atoms with Gasteiger partial charge in [-0.05, 0) is 48.9 Å². The Balaban J connectivity index is 1.52. The van der Waals surface area contributed by atoms with Crippen LogP contribution < -0.4 is 10.1 Å². The van der Waals surface area contributed by atoms with Gasteiger partial charge in [0.25, 0.3) is 5.91 Å². The zero-order valence-electron chi connectivity index (χ0n) is 15.4. The molecule has 3 aromatic rings. The fourth-order valence-electron chi connectivity index (χ4n) is 2.73. The van der Waals surface area contributed by atoms with Crippen LogP contribution in [0.5, 0.6) is 5.75 Å². The van der Waals surface area contributed by atoms with Gasteiger partial charge < -0.3 is 10.1 Å². The van der Waals surface area contributed by atoms with Gasteiger partial charge in [-0.15, -0.1) is 0 Å². The second kappa shape index (κ2) is 9.20. The summed E-state index contributed by atoms with van der Waals surface area (Å²) in [6.45, 7) is 1.79. The number of nitrogens with one attached hydrogen (secondary N) is 1. The number of halogens is 1. The second-order valence-corrected chi connectivity index (χ2v) is 6.79. The maximum atomic E-state index is 12.4. The van der Waals surface area contributed by atoms with Crippen LogP contribution in [0, 0.1) is 0 Å². The molecule has 0 saturated heterocycles. The van der Waals surface area contributed by atoms with Gasteiger partial charge in [0.2, 0.25) is 0 Å². The summed E-state index contributed by atoms with van der Waals surface area (Å²) in [6.07, 6.45) is 0. The summed E-state index contributed by atoms with van der Waals surface area (Å²) in [7, 11) is 0. The largest absolute Gasteiger partial charge is 0.484 e. The number of hydrogen-bond acceptors (Lipinski definition) is 3. The molecule has 1 N–H and O–H groups in total. The number of ketones is 1. The Labute approximate surface area is 169 Å². The maximum absolute atomic E-state index is 12.4. The van der Waals surface area contributed by atoms with E-state index < -0.39 is 0 Å². The highest BCUT2D eigenvalue weighted by Gasteiger charge is 2.11. The zero-order valence-corrected chi connectivity index (χ0v) is 16.1. The van der Waals surface area contributed by atoms with Crippen LogP contribution >= 0.6 is 11.6 Å². The summed E-state index contributed by atoms with van der Waals surface area (Å²) in [5.74, 6) is 0.243. The molecule has 0 aliphatic carbocycles. The summed E-state index contributed by atoms with van der Waals surface area (Å²) in [4.78, 5) is 24.5. The van der Waals surface area contributed by atoms with Crippen molar-refractivity contribution >= 4 is 23.3 Å². The summed E-state index contributed by atoms with van der Waals surface area (Å²) in [5, 5.41) is 3.53. The number of carbonyl (C=O) groups is 2. The van der Waals surface area contributed by atoms with E-state index in [9.17, 15) is 9.59 Å². The van der Waals surface area contributed by atoms with Crippen LogP contribution in [-0.2, 0) is 4.79 Å². The molecule has 0 aliphatic heterocycles. The van der Waals surface area contributed by atoms with E-state index in [2.05, 4.69) is 5.32 Å². The van der Waals surface area contributed by atoms with Crippen molar-refractivity contribution in [2.24, 2.45) is 0 Å². The Morgan fingerprint density at radius 3 is 2.14 bits per heavy atom. The highest BCUT2D eigenvalue weighted by molar-refractivity contribution is 6.30. The first-order valence-electron chi connectivity index (χ1n) is 8.90. The lowest BCUT2D eigenvalue weighted by atomic mass is 10.0. The summed E-state index contributed by atoms with van der Waals surface area (Å²) in [5.41, 5.74) is 2.16. The molecule has 3 rings (SSSR count). The van der Waals surface area contributed by atoms with E-state index in [1.54, 1.807) is 48.5 Å². The van der Waals surface area contributed by atoms with Crippen LogP contribution in [-0.4, -0.2) is 18.3 Å². The number of amides is 1. The number of ether oxygens (including phenoxy) is 1. The highest BCUT2D eigenvalue weighted by Crippen LogP contribution is 2.17. The fourth-order valence-corrected chi connectivity index (χ4v) is 2.85. The second-order valence-electron chi connectivity index (χ2n) is 6.35. The lowest BCUT2D eigenvalue weighted by molar-refractivity contribution is -0.123. The molecule has 3 aromatic carbocycles. The molecule has 0 heterocycles. The van der Waals surface area contributed by atoms with Gasteiger partial charge in [-0.25, -0.2) is 0 Å². The summed E-state index contributed by atoms with van der Waals surface area (Å²) in [6, 6.07) is 23.0. The van der Waals surface area contributed by atoms with Crippen molar-refractivity contribution in [3.63, 3.8) is 0 Å². The van der Waals surface area contributed by atoms with E-state index in [1.165, 1.54) is 0 Å². The molecular formula is C23H20ClNO3. The van der Waals surface area contributed by atoms with Crippen LogP contribution in [0.1, 0.15) is 34.5 Å². The number of benzene rings is 3. The van der Waals surface area contributed by atoms with Crippen LogP contribution in [0.3, 0.4) is 0 Å².